The number of carbonyl (C=O) groups is 1. The smallest absolute Gasteiger partial charge is 0.129 e. The van der Waals surface area contributed by atoms with E-state index in [0.717, 1.165) is 0 Å². The zero-order chi connectivity index (χ0) is 10.8. The molecule has 0 N–H and O–H groups in total. The lowest BCUT2D eigenvalue weighted by Crippen LogP contribution is -2.18. The highest BCUT2D eigenvalue weighted by Gasteiger charge is 2.21. The van der Waals surface area contributed by atoms with Crippen molar-refractivity contribution in [2.75, 3.05) is 0 Å². The summed E-state index contributed by atoms with van der Waals surface area (Å²) in [5.41, 5.74) is -0.757. The monoisotopic (exact) mass is 198 g/mol. The Morgan fingerprint density at radius 1 is 1.29 bits per heavy atom. The molecule has 0 aromatic heterocycles. The largest absolute Gasteiger partial charge is 0.303 e. The number of rotatable bonds is 3. The van der Waals surface area contributed by atoms with Crippen LogP contribution in [0.2, 0.25) is 0 Å². The van der Waals surface area contributed by atoms with E-state index in [1.165, 1.54) is 18.2 Å². The zero-order valence-electron chi connectivity index (χ0n) is 8.18. The van der Waals surface area contributed by atoms with E-state index < -0.39 is 17.0 Å². The fourth-order valence-corrected chi connectivity index (χ4v) is 1.20. The standard InChI is InChI=1S/C11H12F2O/c1-11(2,7-14)6-8-9(12)4-3-5-10(8)13/h3-5,7H,6H2,1-2H3. The van der Waals surface area contributed by atoms with Crippen LogP contribution in [0.1, 0.15) is 19.4 Å². The lowest BCUT2D eigenvalue weighted by atomic mass is 9.87. The molecule has 0 amide bonds. The van der Waals surface area contributed by atoms with E-state index in [2.05, 4.69) is 0 Å². The average molecular weight is 198 g/mol. The predicted molar refractivity (Wildman–Crippen MR) is 49.9 cm³/mol. The summed E-state index contributed by atoms with van der Waals surface area (Å²) in [4.78, 5) is 10.6. The van der Waals surface area contributed by atoms with Crippen molar-refractivity contribution in [3.05, 3.63) is 35.4 Å². The van der Waals surface area contributed by atoms with Crippen molar-refractivity contribution in [2.24, 2.45) is 5.41 Å². The third kappa shape index (κ3) is 2.37. The van der Waals surface area contributed by atoms with Crippen LogP contribution in [-0.2, 0) is 11.2 Å². The minimum Gasteiger partial charge on any atom is -0.303 e. The second-order valence-corrected chi connectivity index (χ2v) is 3.98. The van der Waals surface area contributed by atoms with Crippen molar-refractivity contribution in [1.82, 2.24) is 0 Å². The van der Waals surface area contributed by atoms with E-state index in [1.807, 2.05) is 0 Å². The van der Waals surface area contributed by atoms with Crippen molar-refractivity contribution in [1.29, 1.82) is 0 Å². The quantitative estimate of drug-likeness (QED) is 0.682. The van der Waals surface area contributed by atoms with Crippen LogP contribution in [0.4, 0.5) is 8.78 Å². The van der Waals surface area contributed by atoms with E-state index in [9.17, 15) is 13.6 Å². The molecule has 0 bridgehead atoms. The molecule has 14 heavy (non-hydrogen) atoms. The molecule has 0 heterocycles. The lowest BCUT2D eigenvalue weighted by molar-refractivity contribution is -0.114. The van der Waals surface area contributed by atoms with Gasteiger partial charge in [0.05, 0.1) is 0 Å². The zero-order valence-corrected chi connectivity index (χ0v) is 8.18. The molecule has 0 spiro atoms. The van der Waals surface area contributed by atoms with Crippen LogP contribution < -0.4 is 0 Å². The first-order valence-corrected chi connectivity index (χ1v) is 4.35. The van der Waals surface area contributed by atoms with Crippen LogP contribution in [-0.4, -0.2) is 6.29 Å². The van der Waals surface area contributed by atoms with Gasteiger partial charge in [0.25, 0.3) is 0 Å². The number of benzene rings is 1. The van der Waals surface area contributed by atoms with Gasteiger partial charge in [0.2, 0.25) is 0 Å². The van der Waals surface area contributed by atoms with Gasteiger partial charge in [-0.1, -0.05) is 19.9 Å². The molecular weight excluding hydrogens is 186 g/mol. The van der Waals surface area contributed by atoms with Gasteiger partial charge in [-0.3, -0.25) is 0 Å². The second-order valence-electron chi connectivity index (χ2n) is 3.98. The Bertz CT molecular complexity index is 325. The molecule has 0 saturated heterocycles. The van der Waals surface area contributed by atoms with Gasteiger partial charge < -0.3 is 4.79 Å². The predicted octanol–water partition coefficient (Wildman–Crippen LogP) is 2.73. The molecule has 0 fully saturated rings. The number of carbonyl (C=O) groups excluding carboxylic acids is 1. The van der Waals surface area contributed by atoms with E-state index in [1.54, 1.807) is 13.8 Å². The summed E-state index contributed by atoms with van der Waals surface area (Å²) < 4.78 is 26.3. The van der Waals surface area contributed by atoms with Crippen molar-refractivity contribution >= 4 is 6.29 Å². The van der Waals surface area contributed by atoms with Gasteiger partial charge in [0, 0.05) is 11.0 Å². The van der Waals surface area contributed by atoms with Crippen molar-refractivity contribution < 1.29 is 13.6 Å². The van der Waals surface area contributed by atoms with Gasteiger partial charge in [0.15, 0.2) is 0 Å². The summed E-state index contributed by atoms with van der Waals surface area (Å²) in [6.07, 6.45) is 0.786. The third-order valence-electron chi connectivity index (χ3n) is 2.01. The normalized spacial score (nSPS) is 11.4. The summed E-state index contributed by atoms with van der Waals surface area (Å²) >= 11 is 0. The summed E-state index contributed by atoms with van der Waals surface area (Å²) in [5.74, 6) is -1.19. The lowest BCUT2D eigenvalue weighted by Gasteiger charge is -2.17. The molecule has 0 aliphatic rings. The number of aldehydes is 1. The van der Waals surface area contributed by atoms with Crippen LogP contribution in [0.25, 0.3) is 0 Å². The van der Waals surface area contributed by atoms with Crippen LogP contribution in [0.15, 0.2) is 18.2 Å². The molecule has 3 heteroatoms. The highest BCUT2D eigenvalue weighted by Crippen LogP contribution is 2.23. The first-order chi connectivity index (χ1) is 6.46. The summed E-state index contributed by atoms with van der Waals surface area (Å²) in [6.45, 7) is 3.29. The van der Waals surface area contributed by atoms with Crippen molar-refractivity contribution in [2.45, 2.75) is 20.3 Å². The topological polar surface area (TPSA) is 17.1 Å². The molecule has 0 aliphatic carbocycles. The van der Waals surface area contributed by atoms with Crippen LogP contribution >= 0.6 is 0 Å². The molecule has 0 atom stereocenters. The molecule has 0 aliphatic heterocycles. The van der Waals surface area contributed by atoms with E-state index in [-0.39, 0.29) is 12.0 Å². The third-order valence-corrected chi connectivity index (χ3v) is 2.01. The number of hydrogen-bond donors (Lipinski definition) is 0. The van der Waals surface area contributed by atoms with Crippen LogP contribution in [0.5, 0.6) is 0 Å². The maximum atomic E-state index is 13.2. The van der Waals surface area contributed by atoms with Crippen LogP contribution in [0.3, 0.4) is 0 Å². The van der Waals surface area contributed by atoms with Crippen molar-refractivity contribution in [3.8, 4) is 0 Å². The van der Waals surface area contributed by atoms with E-state index in [0.29, 0.717) is 6.29 Å². The maximum Gasteiger partial charge on any atom is 0.129 e. The first-order valence-electron chi connectivity index (χ1n) is 4.35. The molecule has 1 aromatic rings. The molecule has 0 radical (unpaired) electrons. The molecule has 76 valence electrons. The Labute approximate surface area is 81.7 Å². The van der Waals surface area contributed by atoms with E-state index >= 15 is 0 Å². The highest BCUT2D eigenvalue weighted by molar-refractivity contribution is 5.58. The number of halogens is 2. The van der Waals surface area contributed by atoms with Gasteiger partial charge in [-0.05, 0) is 18.6 Å². The van der Waals surface area contributed by atoms with E-state index in [4.69, 9.17) is 0 Å². The SMILES string of the molecule is CC(C)(C=O)Cc1c(F)cccc1F. The molecule has 1 nitrogen and oxygen atoms in total. The van der Waals surface area contributed by atoms with Gasteiger partial charge in [-0.15, -0.1) is 0 Å². The van der Waals surface area contributed by atoms with Gasteiger partial charge in [-0.2, -0.15) is 0 Å². The highest BCUT2D eigenvalue weighted by atomic mass is 19.1. The minimum atomic E-state index is -0.733. The van der Waals surface area contributed by atoms with Gasteiger partial charge >= 0.3 is 0 Å². The van der Waals surface area contributed by atoms with Crippen LogP contribution in [0, 0.1) is 17.0 Å². The van der Waals surface area contributed by atoms with Gasteiger partial charge in [-0.25, -0.2) is 8.78 Å². The number of hydrogen-bond acceptors (Lipinski definition) is 1. The van der Waals surface area contributed by atoms with Gasteiger partial charge in [0.1, 0.15) is 17.9 Å². The fraction of sp³-hybridized carbons (Fsp3) is 0.364. The molecule has 0 unspecified atom stereocenters. The molecular formula is C11H12F2O. The summed E-state index contributed by atoms with van der Waals surface area (Å²) in [5, 5.41) is 0. The first kappa shape index (κ1) is 10.8. The average Bonchev–Trinajstić information content (AvgIpc) is 2.12. The Kier molecular flexibility index (Phi) is 2.99. The minimum absolute atomic E-state index is 0.0235. The Balaban J connectivity index is 3.02. The fourth-order valence-electron chi connectivity index (χ4n) is 1.20. The summed E-state index contributed by atoms with van der Waals surface area (Å²) in [7, 11) is 0. The second kappa shape index (κ2) is 3.86. The molecule has 1 aromatic carbocycles. The summed E-state index contributed by atoms with van der Waals surface area (Å²) in [6, 6.07) is 3.70. The Morgan fingerprint density at radius 2 is 1.79 bits per heavy atom. The Morgan fingerprint density at radius 3 is 2.21 bits per heavy atom. The Hall–Kier alpha value is -1.25. The molecule has 1 rings (SSSR count). The molecule has 0 saturated carbocycles. The maximum absolute atomic E-state index is 13.2. The van der Waals surface area contributed by atoms with Crippen molar-refractivity contribution in [3.63, 3.8) is 0 Å².